The number of carbonyl (C=O) groups excluding carboxylic acids is 1. The highest BCUT2D eigenvalue weighted by Crippen LogP contribution is 2.21. The van der Waals surface area contributed by atoms with Crippen molar-refractivity contribution in [1.29, 1.82) is 5.26 Å². The molecule has 0 saturated carbocycles. The number of hydrogen-bond donors (Lipinski definition) is 2. The number of carbonyl (C=O) groups is 1. The van der Waals surface area contributed by atoms with Crippen LogP contribution in [0.2, 0.25) is 0 Å². The summed E-state index contributed by atoms with van der Waals surface area (Å²) in [5.41, 5.74) is 2.35. The first-order valence-electron chi connectivity index (χ1n) is 8.46. The van der Waals surface area contributed by atoms with E-state index >= 15 is 0 Å². The van der Waals surface area contributed by atoms with Crippen molar-refractivity contribution in [3.63, 3.8) is 0 Å². The third-order valence-corrected chi connectivity index (χ3v) is 4.57. The highest BCUT2D eigenvalue weighted by atomic mass is 16.3. The van der Waals surface area contributed by atoms with Crippen molar-refractivity contribution in [2.45, 2.75) is 25.0 Å². The molecule has 1 aliphatic rings. The van der Waals surface area contributed by atoms with Crippen LogP contribution in [0, 0.1) is 11.3 Å². The number of nitriles is 1. The quantitative estimate of drug-likeness (QED) is 0.899. The zero-order valence-corrected chi connectivity index (χ0v) is 13.9. The second kappa shape index (κ2) is 7.82. The molecule has 5 heteroatoms. The highest BCUT2D eigenvalue weighted by molar-refractivity contribution is 5.82. The van der Waals surface area contributed by atoms with E-state index in [4.69, 9.17) is 5.26 Å². The monoisotopic (exact) mass is 335 g/mol. The van der Waals surface area contributed by atoms with Gasteiger partial charge in [-0.05, 0) is 42.7 Å². The number of anilines is 1. The van der Waals surface area contributed by atoms with Gasteiger partial charge in [0.25, 0.3) is 5.91 Å². The molecule has 1 amide bonds. The van der Waals surface area contributed by atoms with E-state index in [-0.39, 0.29) is 11.9 Å². The summed E-state index contributed by atoms with van der Waals surface area (Å²) in [7, 11) is 0. The molecule has 2 aromatic rings. The molecule has 25 heavy (non-hydrogen) atoms. The highest BCUT2D eigenvalue weighted by Gasteiger charge is 2.24. The van der Waals surface area contributed by atoms with Crippen LogP contribution in [0.1, 0.15) is 30.1 Å². The molecule has 0 radical (unpaired) electrons. The van der Waals surface area contributed by atoms with E-state index in [9.17, 15) is 9.90 Å². The Bertz CT molecular complexity index is 745. The summed E-state index contributed by atoms with van der Waals surface area (Å²) in [5.74, 6) is -0.344. The Balaban J connectivity index is 1.52. The van der Waals surface area contributed by atoms with Crippen molar-refractivity contribution >= 4 is 11.6 Å². The van der Waals surface area contributed by atoms with Gasteiger partial charge in [0.2, 0.25) is 0 Å². The molecular formula is C20H21N3O2. The number of benzene rings is 2. The SMILES string of the molecule is N#Cc1ccc(N2CCC(NC(=O)C(O)c3ccccc3)CC2)cc1. The average molecular weight is 335 g/mol. The van der Waals surface area contributed by atoms with E-state index < -0.39 is 6.10 Å². The largest absolute Gasteiger partial charge is 0.378 e. The van der Waals surface area contributed by atoms with Crippen LogP contribution in [0.5, 0.6) is 0 Å². The van der Waals surface area contributed by atoms with Gasteiger partial charge in [0.15, 0.2) is 6.10 Å². The molecule has 1 fully saturated rings. The standard InChI is InChI=1S/C20H21N3O2/c21-14-15-6-8-18(9-7-15)23-12-10-17(11-13-23)22-20(25)19(24)16-4-2-1-3-5-16/h1-9,17,19,24H,10-13H2,(H,22,25). The molecule has 0 bridgehead atoms. The maximum atomic E-state index is 12.2. The average Bonchev–Trinajstić information content (AvgIpc) is 2.68. The van der Waals surface area contributed by atoms with Crippen LogP contribution in [0.4, 0.5) is 5.69 Å². The lowest BCUT2D eigenvalue weighted by atomic mass is 10.0. The molecule has 2 aromatic carbocycles. The normalized spacial score (nSPS) is 16.1. The molecule has 1 aliphatic heterocycles. The van der Waals surface area contributed by atoms with Gasteiger partial charge in [-0.25, -0.2) is 0 Å². The van der Waals surface area contributed by atoms with Crippen LogP contribution in [-0.2, 0) is 4.79 Å². The minimum Gasteiger partial charge on any atom is -0.378 e. The van der Waals surface area contributed by atoms with Crippen LogP contribution in [0.15, 0.2) is 54.6 Å². The number of aliphatic hydroxyl groups excluding tert-OH is 1. The summed E-state index contributed by atoms with van der Waals surface area (Å²) in [6.07, 6.45) is 0.526. The van der Waals surface area contributed by atoms with Gasteiger partial charge in [-0.1, -0.05) is 30.3 Å². The van der Waals surface area contributed by atoms with Crippen LogP contribution in [0.3, 0.4) is 0 Å². The molecule has 1 unspecified atom stereocenters. The van der Waals surface area contributed by atoms with E-state index in [1.54, 1.807) is 12.1 Å². The van der Waals surface area contributed by atoms with Gasteiger partial charge in [-0.2, -0.15) is 5.26 Å². The molecule has 3 rings (SSSR count). The smallest absolute Gasteiger partial charge is 0.253 e. The van der Waals surface area contributed by atoms with Crippen LogP contribution in [-0.4, -0.2) is 30.1 Å². The van der Waals surface area contributed by atoms with E-state index in [2.05, 4.69) is 16.3 Å². The van der Waals surface area contributed by atoms with Crippen molar-refractivity contribution in [1.82, 2.24) is 5.32 Å². The van der Waals surface area contributed by atoms with Gasteiger partial charge in [0.05, 0.1) is 11.6 Å². The van der Waals surface area contributed by atoms with Gasteiger partial charge in [-0.15, -0.1) is 0 Å². The van der Waals surface area contributed by atoms with Crippen molar-refractivity contribution in [3.05, 3.63) is 65.7 Å². The molecular weight excluding hydrogens is 314 g/mol. The summed E-state index contributed by atoms with van der Waals surface area (Å²) >= 11 is 0. The Morgan fingerprint density at radius 1 is 1.12 bits per heavy atom. The van der Waals surface area contributed by atoms with Gasteiger partial charge in [-0.3, -0.25) is 4.79 Å². The Kier molecular flexibility index (Phi) is 5.32. The number of piperidine rings is 1. The molecule has 0 aliphatic carbocycles. The number of nitrogens with zero attached hydrogens (tertiary/aromatic N) is 2. The fourth-order valence-corrected chi connectivity index (χ4v) is 3.10. The zero-order chi connectivity index (χ0) is 17.6. The summed E-state index contributed by atoms with van der Waals surface area (Å²) in [6, 6.07) is 18.7. The number of rotatable bonds is 4. The first-order valence-corrected chi connectivity index (χ1v) is 8.46. The minimum atomic E-state index is -1.13. The topological polar surface area (TPSA) is 76.4 Å². The predicted molar refractivity (Wildman–Crippen MR) is 95.9 cm³/mol. The van der Waals surface area contributed by atoms with Gasteiger partial charge in [0, 0.05) is 24.8 Å². The Labute approximate surface area is 147 Å². The molecule has 2 N–H and O–H groups in total. The molecule has 128 valence electrons. The summed E-state index contributed by atoms with van der Waals surface area (Å²) < 4.78 is 0. The lowest BCUT2D eigenvalue weighted by molar-refractivity contribution is -0.130. The maximum absolute atomic E-state index is 12.2. The molecule has 5 nitrogen and oxygen atoms in total. The molecule has 0 spiro atoms. The Morgan fingerprint density at radius 3 is 2.36 bits per heavy atom. The third kappa shape index (κ3) is 4.17. The second-order valence-corrected chi connectivity index (χ2v) is 6.24. The lowest BCUT2D eigenvalue weighted by Crippen LogP contribution is -2.46. The van der Waals surface area contributed by atoms with E-state index in [0.29, 0.717) is 11.1 Å². The number of aliphatic hydroxyl groups is 1. The molecule has 1 heterocycles. The van der Waals surface area contributed by atoms with E-state index in [1.165, 1.54) is 0 Å². The second-order valence-electron chi connectivity index (χ2n) is 6.24. The van der Waals surface area contributed by atoms with Crippen LogP contribution in [0.25, 0.3) is 0 Å². The van der Waals surface area contributed by atoms with Crippen molar-refractivity contribution in [3.8, 4) is 6.07 Å². The predicted octanol–water partition coefficient (Wildman–Crippen LogP) is 2.38. The summed E-state index contributed by atoms with van der Waals surface area (Å²) in [4.78, 5) is 14.5. The van der Waals surface area contributed by atoms with Gasteiger partial charge < -0.3 is 15.3 Å². The van der Waals surface area contributed by atoms with Crippen molar-refractivity contribution in [2.24, 2.45) is 0 Å². The first kappa shape index (κ1) is 17.0. The van der Waals surface area contributed by atoms with E-state index in [0.717, 1.165) is 31.6 Å². The fourth-order valence-electron chi connectivity index (χ4n) is 3.10. The molecule has 1 saturated heterocycles. The summed E-state index contributed by atoms with van der Waals surface area (Å²) in [5, 5.41) is 22.0. The molecule has 0 aromatic heterocycles. The zero-order valence-electron chi connectivity index (χ0n) is 13.9. The minimum absolute atomic E-state index is 0.0699. The lowest BCUT2D eigenvalue weighted by Gasteiger charge is -2.34. The van der Waals surface area contributed by atoms with Gasteiger partial charge in [0.1, 0.15) is 0 Å². The van der Waals surface area contributed by atoms with E-state index in [1.807, 2.05) is 42.5 Å². The summed E-state index contributed by atoms with van der Waals surface area (Å²) in [6.45, 7) is 1.66. The van der Waals surface area contributed by atoms with Crippen LogP contribution >= 0.6 is 0 Å². The molecule has 1 atom stereocenters. The Hall–Kier alpha value is -2.84. The maximum Gasteiger partial charge on any atom is 0.253 e. The number of nitrogens with one attached hydrogen (secondary N) is 1. The third-order valence-electron chi connectivity index (χ3n) is 4.57. The van der Waals surface area contributed by atoms with Crippen LogP contribution < -0.4 is 10.2 Å². The number of hydrogen-bond acceptors (Lipinski definition) is 4. The van der Waals surface area contributed by atoms with Crippen molar-refractivity contribution < 1.29 is 9.90 Å². The Morgan fingerprint density at radius 2 is 1.76 bits per heavy atom. The first-order chi connectivity index (χ1) is 12.2. The fraction of sp³-hybridized carbons (Fsp3) is 0.300. The van der Waals surface area contributed by atoms with Crippen molar-refractivity contribution in [2.75, 3.05) is 18.0 Å². The number of amides is 1. The van der Waals surface area contributed by atoms with Gasteiger partial charge >= 0.3 is 0 Å².